The predicted molar refractivity (Wildman–Crippen MR) is 78.7 cm³/mol. The molecule has 0 spiro atoms. The lowest BCUT2D eigenvalue weighted by Gasteiger charge is -2.38. The maximum atomic E-state index is 5.73. The first-order valence-corrected chi connectivity index (χ1v) is 6.88. The van der Waals surface area contributed by atoms with E-state index >= 15 is 0 Å². The summed E-state index contributed by atoms with van der Waals surface area (Å²) in [5, 5.41) is 2.98. The van der Waals surface area contributed by atoms with Gasteiger partial charge in [-0.1, -0.05) is 0 Å². The number of morpholine rings is 1. The van der Waals surface area contributed by atoms with E-state index in [-0.39, 0.29) is 5.60 Å². The number of hydrogen-bond donors (Lipinski definition) is 1. The van der Waals surface area contributed by atoms with Crippen LogP contribution in [0.5, 0.6) is 0 Å². The van der Waals surface area contributed by atoms with Crippen LogP contribution in [0, 0.1) is 0 Å². The quantitative estimate of drug-likeness (QED) is 0.891. The van der Waals surface area contributed by atoms with Crippen molar-refractivity contribution < 1.29 is 4.74 Å². The molecule has 0 saturated carbocycles. The summed E-state index contributed by atoms with van der Waals surface area (Å²) in [6.45, 7) is 6.30. The summed E-state index contributed by atoms with van der Waals surface area (Å²) < 4.78 is 7.49. The zero-order valence-electron chi connectivity index (χ0n) is 12.4. The number of nitrogens with one attached hydrogen (secondary N) is 1. The Labute approximate surface area is 123 Å². The van der Waals surface area contributed by atoms with Crippen molar-refractivity contribution in [1.29, 1.82) is 0 Å². The highest BCUT2D eigenvalue weighted by Gasteiger charge is 2.29. The highest BCUT2D eigenvalue weighted by atomic mass is 16.5. The highest BCUT2D eigenvalue weighted by Crippen LogP contribution is 2.21. The number of imidazole rings is 1. The fourth-order valence-corrected chi connectivity index (χ4v) is 2.29. The summed E-state index contributed by atoms with van der Waals surface area (Å²) in [7, 11) is 1.79. The Morgan fingerprint density at radius 1 is 1.24 bits per heavy atom. The topological polar surface area (TPSA) is 81.0 Å². The molecule has 1 aliphatic heterocycles. The molecule has 1 saturated heterocycles. The molecule has 2 aromatic heterocycles. The minimum atomic E-state index is -0.208. The molecule has 0 aromatic carbocycles. The average Bonchev–Trinajstić information content (AvgIpc) is 3.00. The van der Waals surface area contributed by atoms with Crippen molar-refractivity contribution in [2.75, 3.05) is 37.0 Å². The Morgan fingerprint density at radius 2 is 2.05 bits per heavy atom. The van der Waals surface area contributed by atoms with E-state index in [1.165, 1.54) is 0 Å². The summed E-state index contributed by atoms with van der Waals surface area (Å²) in [5.74, 6) is 1.73. The van der Waals surface area contributed by atoms with Gasteiger partial charge in [0.2, 0.25) is 17.8 Å². The first-order chi connectivity index (χ1) is 10.1. The smallest absolute Gasteiger partial charge is 0.241 e. The third-order valence-electron chi connectivity index (χ3n) is 3.28. The molecule has 0 radical (unpaired) electrons. The van der Waals surface area contributed by atoms with Gasteiger partial charge in [-0.25, -0.2) is 4.98 Å². The number of rotatable bonds is 3. The molecule has 0 atom stereocenters. The number of nitrogens with zero attached hydrogens (tertiary/aromatic N) is 6. The minimum Gasteiger partial charge on any atom is -0.372 e. The number of ether oxygens (including phenoxy) is 1. The summed E-state index contributed by atoms with van der Waals surface area (Å²) in [6, 6.07) is 0. The molecular weight excluding hydrogens is 270 g/mol. The normalized spacial score (nSPS) is 17.8. The molecule has 0 unspecified atom stereocenters. The number of hydrogen-bond acceptors (Lipinski definition) is 7. The van der Waals surface area contributed by atoms with Gasteiger partial charge in [0.25, 0.3) is 0 Å². The van der Waals surface area contributed by atoms with Gasteiger partial charge in [-0.15, -0.1) is 0 Å². The fourth-order valence-electron chi connectivity index (χ4n) is 2.29. The molecule has 1 N–H and O–H groups in total. The number of aromatic nitrogens is 5. The average molecular weight is 289 g/mol. The SMILES string of the molecule is CNc1nc(N2CCOC(C)(C)C2)nc(-n2ccnc2)n1. The molecule has 1 fully saturated rings. The maximum absolute atomic E-state index is 5.73. The van der Waals surface area contributed by atoms with Crippen LogP contribution in [0.2, 0.25) is 0 Å². The molecule has 2 aromatic rings. The van der Waals surface area contributed by atoms with E-state index in [2.05, 4.69) is 44.0 Å². The molecule has 3 heterocycles. The zero-order chi connectivity index (χ0) is 14.9. The Morgan fingerprint density at radius 3 is 2.71 bits per heavy atom. The summed E-state index contributed by atoms with van der Waals surface area (Å²) >= 11 is 0. The van der Waals surface area contributed by atoms with Crippen LogP contribution in [0.3, 0.4) is 0 Å². The van der Waals surface area contributed by atoms with Gasteiger partial charge in [-0.05, 0) is 13.8 Å². The lowest BCUT2D eigenvalue weighted by atomic mass is 10.1. The standard InChI is InChI=1S/C13H19N7O/c1-13(2)8-19(6-7-21-13)11-16-10(14-3)17-12(18-11)20-5-4-15-9-20/h4-5,9H,6-8H2,1-3H3,(H,14,16,17,18). The summed E-state index contributed by atoms with van der Waals surface area (Å²) in [4.78, 5) is 19.5. The largest absolute Gasteiger partial charge is 0.372 e. The maximum Gasteiger partial charge on any atom is 0.241 e. The summed E-state index contributed by atoms with van der Waals surface area (Å²) in [6.07, 6.45) is 5.17. The Kier molecular flexibility index (Phi) is 3.46. The molecule has 21 heavy (non-hydrogen) atoms. The van der Waals surface area contributed by atoms with Crippen LogP contribution in [-0.2, 0) is 4.74 Å². The Balaban J connectivity index is 1.96. The molecule has 8 heteroatoms. The van der Waals surface area contributed by atoms with E-state index in [9.17, 15) is 0 Å². The first kappa shape index (κ1) is 13.7. The molecular formula is C13H19N7O. The third-order valence-corrected chi connectivity index (χ3v) is 3.28. The zero-order valence-corrected chi connectivity index (χ0v) is 12.4. The first-order valence-electron chi connectivity index (χ1n) is 6.88. The van der Waals surface area contributed by atoms with E-state index in [0.717, 1.165) is 13.1 Å². The van der Waals surface area contributed by atoms with Gasteiger partial charge < -0.3 is 15.0 Å². The second kappa shape index (κ2) is 5.28. The molecule has 3 rings (SSSR count). The monoisotopic (exact) mass is 289 g/mol. The molecule has 1 aliphatic rings. The van der Waals surface area contributed by atoms with Crippen LogP contribution in [-0.4, -0.2) is 56.8 Å². The Bertz CT molecular complexity index is 611. The fraction of sp³-hybridized carbons (Fsp3) is 0.538. The van der Waals surface area contributed by atoms with Crippen molar-refractivity contribution in [3.05, 3.63) is 18.7 Å². The minimum absolute atomic E-state index is 0.208. The van der Waals surface area contributed by atoms with Crippen LogP contribution in [0.15, 0.2) is 18.7 Å². The number of anilines is 2. The van der Waals surface area contributed by atoms with Crippen LogP contribution < -0.4 is 10.2 Å². The van der Waals surface area contributed by atoms with Crippen LogP contribution in [0.25, 0.3) is 5.95 Å². The van der Waals surface area contributed by atoms with Gasteiger partial charge in [-0.3, -0.25) is 4.57 Å². The Hall–Kier alpha value is -2.22. The second-order valence-electron chi connectivity index (χ2n) is 5.51. The van der Waals surface area contributed by atoms with E-state index in [1.807, 2.05) is 6.20 Å². The molecule has 0 amide bonds. The van der Waals surface area contributed by atoms with E-state index in [1.54, 1.807) is 24.1 Å². The van der Waals surface area contributed by atoms with Crippen LogP contribution in [0.4, 0.5) is 11.9 Å². The van der Waals surface area contributed by atoms with E-state index < -0.39 is 0 Å². The van der Waals surface area contributed by atoms with Gasteiger partial charge in [0.1, 0.15) is 6.33 Å². The summed E-state index contributed by atoms with van der Waals surface area (Å²) in [5.41, 5.74) is -0.208. The molecule has 112 valence electrons. The van der Waals surface area contributed by atoms with Crippen LogP contribution >= 0.6 is 0 Å². The highest BCUT2D eigenvalue weighted by molar-refractivity contribution is 5.40. The van der Waals surface area contributed by atoms with E-state index in [4.69, 9.17) is 4.74 Å². The van der Waals surface area contributed by atoms with Gasteiger partial charge in [-0.2, -0.15) is 15.0 Å². The third kappa shape index (κ3) is 2.94. The molecule has 0 bridgehead atoms. The lowest BCUT2D eigenvalue weighted by molar-refractivity contribution is -0.0281. The van der Waals surface area contributed by atoms with Crippen molar-refractivity contribution in [1.82, 2.24) is 24.5 Å². The molecule has 0 aliphatic carbocycles. The van der Waals surface area contributed by atoms with Crippen molar-refractivity contribution in [2.24, 2.45) is 0 Å². The van der Waals surface area contributed by atoms with Gasteiger partial charge >= 0.3 is 0 Å². The van der Waals surface area contributed by atoms with Gasteiger partial charge in [0, 0.05) is 32.5 Å². The second-order valence-corrected chi connectivity index (χ2v) is 5.51. The van der Waals surface area contributed by atoms with Crippen molar-refractivity contribution in [2.45, 2.75) is 19.4 Å². The van der Waals surface area contributed by atoms with Crippen molar-refractivity contribution >= 4 is 11.9 Å². The van der Waals surface area contributed by atoms with Crippen molar-refractivity contribution in [3.63, 3.8) is 0 Å². The van der Waals surface area contributed by atoms with Crippen molar-refractivity contribution in [3.8, 4) is 5.95 Å². The van der Waals surface area contributed by atoms with E-state index in [0.29, 0.717) is 24.5 Å². The van der Waals surface area contributed by atoms with Gasteiger partial charge in [0.15, 0.2) is 0 Å². The molecule has 8 nitrogen and oxygen atoms in total. The van der Waals surface area contributed by atoms with Gasteiger partial charge in [0.05, 0.1) is 12.2 Å². The van der Waals surface area contributed by atoms with Crippen LogP contribution in [0.1, 0.15) is 13.8 Å². The predicted octanol–water partition coefficient (Wildman–Crippen LogP) is 0.714. The lowest BCUT2D eigenvalue weighted by Crippen LogP contribution is -2.49.